The molecule has 0 fully saturated rings. The molecule has 1 aromatic rings. The standard InChI is InChI=1S/C11H12N2O3/c1-12(2)8-7-11(14)9-5-3-4-6-10(9)13(15)16/h3-8H,1-2H3/b8-7-. The molecule has 0 aliphatic rings. The molecule has 0 radical (unpaired) electrons. The van der Waals surface area contributed by atoms with E-state index in [-0.39, 0.29) is 17.0 Å². The first kappa shape index (κ1) is 11.9. The number of benzene rings is 1. The molecule has 1 rings (SSSR count). The molecule has 0 amide bonds. The lowest BCUT2D eigenvalue weighted by atomic mass is 10.1. The van der Waals surface area contributed by atoms with Crippen LogP contribution in [0.3, 0.4) is 0 Å². The van der Waals surface area contributed by atoms with E-state index < -0.39 is 4.92 Å². The summed E-state index contributed by atoms with van der Waals surface area (Å²) in [5, 5.41) is 10.7. The molecule has 0 aliphatic carbocycles. The second-order valence-corrected chi connectivity index (χ2v) is 3.42. The first-order chi connectivity index (χ1) is 7.52. The summed E-state index contributed by atoms with van der Waals surface area (Å²) in [4.78, 5) is 23.5. The Morgan fingerprint density at radius 1 is 1.38 bits per heavy atom. The topological polar surface area (TPSA) is 63.5 Å². The van der Waals surface area contributed by atoms with Gasteiger partial charge in [0.15, 0.2) is 5.78 Å². The van der Waals surface area contributed by atoms with Gasteiger partial charge < -0.3 is 4.90 Å². The number of nitro groups is 1. The third kappa shape index (κ3) is 2.91. The van der Waals surface area contributed by atoms with Gasteiger partial charge in [0, 0.05) is 32.4 Å². The zero-order valence-corrected chi connectivity index (χ0v) is 9.08. The van der Waals surface area contributed by atoms with Crippen LogP contribution in [0.2, 0.25) is 0 Å². The van der Waals surface area contributed by atoms with Crippen molar-refractivity contribution in [2.45, 2.75) is 0 Å². The average Bonchev–Trinajstić information content (AvgIpc) is 2.25. The summed E-state index contributed by atoms with van der Waals surface area (Å²) < 4.78 is 0. The highest BCUT2D eigenvalue weighted by atomic mass is 16.6. The molecule has 0 saturated carbocycles. The van der Waals surface area contributed by atoms with Gasteiger partial charge in [-0.25, -0.2) is 0 Å². The fourth-order valence-corrected chi connectivity index (χ4v) is 1.15. The summed E-state index contributed by atoms with van der Waals surface area (Å²) in [5.74, 6) is -0.374. The van der Waals surface area contributed by atoms with Gasteiger partial charge in [0.1, 0.15) is 0 Å². The molecule has 0 spiro atoms. The minimum absolute atomic E-state index is 0.102. The SMILES string of the molecule is CN(C)/C=C\C(=O)c1ccccc1[N+](=O)[O-]. The van der Waals surface area contributed by atoms with Crippen LogP contribution < -0.4 is 0 Å². The normalized spacial score (nSPS) is 10.4. The summed E-state index contributed by atoms with van der Waals surface area (Å²) in [7, 11) is 3.53. The number of hydrogen-bond donors (Lipinski definition) is 0. The molecule has 5 heteroatoms. The fourth-order valence-electron chi connectivity index (χ4n) is 1.15. The zero-order chi connectivity index (χ0) is 12.1. The molecule has 0 saturated heterocycles. The number of carbonyl (C=O) groups excluding carboxylic acids is 1. The van der Waals surface area contributed by atoms with Gasteiger partial charge in [-0.05, 0) is 6.07 Å². The van der Waals surface area contributed by atoms with E-state index in [0.717, 1.165) is 0 Å². The van der Waals surface area contributed by atoms with Crippen LogP contribution in [0.25, 0.3) is 0 Å². The first-order valence-electron chi connectivity index (χ1n) is 4.64. The number of hydrogen-bond acceptors (Lipinski definition) is 4. The maximum absolute atomic E-state index is 11.7. The van der Waals surface area contributed by atoms with E-state index in [1.807, 2.05) is 0 Å². The second-order valence-electron chi connectivity index (χ2n) is 3.42. The van der Waals surface area contributed by atoms with Crippen molar-refractivity contribution in [3.05, 3.63) is 52.2 Å². The van der Waals surface area contributed by atoms with Crippen molar-refractivity contribution in [3.63, 3.8) is 0 Å². The monoisotopic (exact) mass is 220 g/mol. The van der Waals surface area contributed by atoms with Crippen LogP contribution in [0.1, 0.15) is 10.4 Å². The van der Waals surface area contributed by atoms with Gasteiger partial charge in [0.25, 0.3) is 5.69 Å². The summed E-state index contributed by atoms with van der Waals surface area (Å²) >= 11 is 0. The zero-order valence-electron chi connectivity index (χ0n) is 9.08. The van der Waals surface area contributed by atoms with Crippen molar-refractivity contribution in [3.8, 4) is 0 Å². The second kappa shape index (κ2) is 5.06. The number of allylic oxidation sites excluding steroid dienone is 1. The maximum Gasteiger partial charge on any atom is 0.280 e. The highest BCUT2D eigenvalue weighted by Gasteiger charge is 2.16. The Kier molecular flexibility index (Phi) is 3.77. The van der Waals surface area contributed by atoms with Gasteiger partial charge >= 0.3 is 0 Å². The Hall–Kier alpha value is -2.17. The third-order valence-corrected chi connectivity index (χ3v) is 1.89. The minimum Gasteiger partial charge on any atom is -0.383 e. The van der Waals surface area contributed by atoms with Gasteiger partial charge in [-0.15, -0.1) is 0 Å². The molecule has 1 aromatic carbocycles. The van der Waals surface area contributed by atoms with Crippen molar-refractivity contribution < 1.29 is 9.72 Å². The molecule has 0 bridgehead atoms. The van der Waals surface area contributed by atoms with E-state index >= 15 is 0 Å². The summed E-state index contributed by atoms with van der Waals surface area (Å²) in [5.41, 5.74) is -0.0680. The van der Waals surface area contributed by atoms with Crippen LogP contribution in [-0.2, 0) is 0 Å². The van der Waals surface area contributed by atoms with E-state index in [0.29, 0.717) is 0 Å². The van der Waals surface area contributed by atoms with Crippen LogP contribution in [0, 0.1) is 10.1 Å². The van der Waals surface area contributed by atoms with E-state index in [2.05, 4.69) is 0 Å². The molecule has 5 nitrogen and oxygen atoms in total. The molecule has 84 valence electrons. The Morgan fingerprint density at radius 2 is 2.00 bits per heavy atom. The van der Waals surface area contributed by atoms with E-state index in [1.165, 1.54) is 24.3 Å². The lowest BCUT2D eigenvalue weighted by Gasteiger charge is -2.03. The molecular weight excluding hydrogens is 208 g/mol. The first-order valence-corrected chi connectivity index (χ1v) is 4.64. The Morgan fingerprint density at radius 3 is 2.56 bits per heavy atom. The van der Waals surface area contributed by atoms with Gasteiger partial charge in [-0.2, -0.15) is 0 Å². The number of nitrogens with zero attached hydrogens (tertiary/aromatic N) is 2. The Labute approximate surface area is 93.1 Å². The Bertz CT molecular complexity index is 439. The average molecular weight is 220 g/mol. The number of nitro benzene ring substituents is 1. The van der Waals surface area contributed by atoms with Crippen LogP contribution >= 0.6 is 0 Å². The van der Waals surface area contributed by atoms with Gasteiger partial charge in [0.05, 0.1) is 10.5 Å². The lowest BCUT2D eigenvalue weighted by Crippen LogP contribution is -2.05. The molecule has 0 unspecified atom stereocenters. The largest absolute Gasteiger partial charge is 0.383 e. The van der Waals surface area contributed by atoms with Gasteiger partial charge in [-0.3, -0.25) is 14.9 Å². The highest BCUT2D eigenvalue weighted by molar-refractivity contribution is 6.07. The molecule has 0 aromatic heterocycles. The molecule has 0 aliphatic heterocycles. The van der Waals surface area contributed by atoms with Crippen molar-refractivity contribution in [1.29, 1.82) is 0 Å². The van der Waals surface area contributed by atoms with Crippen molar-refractivity contribution in [1.82, 2.24) is 4.90 Å². The van der Waals surface area contributed by atoms with E-state index in [1.54, 1.807) is 31.3 Å². The van der Waals surface area contributed by atoms with Crippen molar-refractivity contribution in [2.24, 2.45) is 0 Å². The quantitative estimate of drug-likeness (QED) is 0.336. The Balaban J connectivity index is 3.04. The number of carbonyl (C=O) groups is 1. The minimum atomic E-state index is -0.559. The van der Waals surface area contributed by atoms with Gasteiger partial charge in [0.2, 0.25) is 0 Å². The summed E-state index contributed by atoms with van der Waals surface area (Å²) in [6.07, 6.45) is 2.86. The fraction of sp³-hybridized carbons (Fsp3) is 0.182. The van der Waals surface area contributed by atoms with Crippen molar-refractivity contribution in [2.75, 3.05) is 14.1 Å². The van der Waals surface area contributed by atoms with E-state index in [4.69, 9.17) is 0 Å². The lowest BCUT2D eigenvalue weighted by molar-refractivity contribution is -0.385. The molecule has 0 heterocycles. The smallest absolute Gasteiger partial charge is 0.280 e. The molecule has 0 N–H and O–H groups in total. The highest BCUT2D eigenvalue weighted by Crippen LogP contribution is 2.18. The molecular formula is C11H12N2O3. The van der Waals surface area contributed by atoms with Crippen LogP contribution in [0.4, 0.5) is 5.69 Å². The van der Waals surface area contributed by atoms with Crippen LogP contribution in [-0.4, -0.2) is 29.7 Å². The molecule has 0 atom stereocenters. The predicted molar refractivity (Wildman–Crippen MR) is 60.3 cm³/mol. The number of ketones is 1. The molecule has 16 heavy (non-hydrogen) atoms. The van der Waals surface area contributed by atoms with E-state index in [9.17, 15) is 14.9 Å². The number of para-hydroxylation sites is 1. The number of rotatable bonds is 4. The van der Waals surface area contributed by atoms with Gasteiger partial charge in [-0.1, -0.05) is 12.1 Å². The maximum atomic E-state index is 11.7. The summed E-state index contributed by atoms with van der Waals surface area (Å²) in [6, 6.07) is 5.89. The third-order valence-electron chi connectivity index (χ3n) is 1.89. The van der Waals surface area contributed by atoms with Crippen molar-refractivity contribution >= 4 is 11.5 Å². The predicted octanol–water partition coefficient (Wildman–Crippen LogP) is 1.85. The summed E-state index contributed by atoms with van der Waals surface area (Å²) in [6.45, 7) is 0. The van der Waals surface area contributed by atoms with Crippen LogP contribution in [0.15, 0.2) is 36.5 Å². The van der Waals surface area contributed by atoms with Crippen LogP contribution in [0.5, 0.6) is 0 Å².